The fourth-order valence-corrected chi connectivity index (χ4v) is 2.02. The SMILES string of the molecule is CC1CCC(C(C)CC=O)CC1=O. The fraction of sp³-hybridized carbons (Fsp3) is 0.818. The maximum atomic E-state index is 11.4. The maximum Gasteiger partial charge on any atom is 0.135 e. The van der Waals surface area contributed by atoms with Crippen molar-refractivity contribution in [2.45, 2.75) is 39.5 Å². The van der Waals surface area contributed by atoms with E-state index in [1.165, 1.54) is 0 Å². The Kier molecular flexibility index (Phi) is 3.64. The topological polar surface area (TPSA) is 34.1 Å². The maximum absolute atomic E-state index is 11.4. The van der Waals surface area contributed by atoms with Crippen molar-refractivity contribution in [1.82, 2.24) is 0 Å². The number of rotatable bonds is 3. The zero-order chi connectivity index (χ0) is 9.84. The molecule has 0 N–H and O–H groups in total. The van der Waals surface area contributed by atoms with E-state index in [9.17, 15) is 9.59 Å². The van der Waals surface area contributed by atoms with Crippen molar-refractivity contribution in [3.05, 3.63) is 0 Å². The van der Waals surface area contributed by atoms with Gasteiger partial charge in [0.15, 0.2) is 0 Å². The third-order valence-electron chi connectivity index (χ3n) is 3.26. The lowest BCUT2D eigenvalue weighted by Gasteiger charge is -2.28. The van der Waals surface area contributed by atoms with Crippen molar-refractivity contribution in [2.75, 3.05) is 0 Å². The first kappa shape index (κ1) is 10.4. The number of Topliss-reactive ketones (excluding diaryl/α,β-unsaturated/α-hetero) is 1. The first-order valence-corrected chi connectivity index (χ1v) is 5.11. The van der Waals surface area contributed by atoms with Gasteiger partial charge in [-0.05, 0) is 24.7 Å². The van der Waals surface area contributed by atoms with Crippen LogP contribution < -0.4 is 0 Å². The van der Waals surface area contributed by atoms with E-state index in [2.05, 4.69) is 6.92 Å². The molecule has 2 heteroatoms. The van der Waals surface area contributed by atoms with Crippen LogP contribution in [0.1, 0.15) is 39.5 Å². The summed E-state index contributed by atoms with van der Waals surface area (Å²) in [5.74, 6) is 1.47. The number of carbonyl (C=O) groups excluding carboxylic acids is 2. The predicted molar refractivity (Wildman–Crippen MR) is 51.4 cm³/mol. The van der Waals surface area contributed by atoms with E-state index in [0.717, 1.165) is 19.1 Å². The average Bonchev–Trinajstić information content (AvgIpc) is 2.10. The summed E-state index contributed by atoms with van der Waals surface area (Å²) in [6.07, 6.45) is 4.38. The fourth-order valence-electron chi connectivity index (χ4n) is 2.02. The Labute approximate surface area is 79.7 Å². The van der Waals surface area contributed by atoms with Crippen molar-refractivity contribution in [2.24, 2.45) is 17.8 Å². The standard InChI is InChI=1S/C11H18O2/c1-8(5-6-12)10-4-3-9(2)11(13)7-10/h6,8-10H,3-5,7H2,1-2H3. The summed E-state index contributed by atoms with van der Waals surface area (Å²) in [7, 11) is 0. The summed E-state index contributed by atoms with van der Waals surface area (Å²) in [5, 5.41) is 0. The second kappa shape index (κ2) is 4.54. The largest absolute Gasteiger partial charge is 0.303 e. The van der Waals surface area contributed by atoms with Gasteiger partial charge in [0.25, 0.3) is 0 Å². The highest BCUT2D eigenvalue weighted by Gasteiger charge is 2.28. The summed E-state index contributed by atoms with van der Waals surface area (Å²) in [5.41, 5.74) is 0. The molecule has 1 fully saturated rings. The molecule has 0 aromatic heterocycles. The molecule has 3 unspecified atom stereocenters. The molecule has 0 spiro atoms. The number of hydrogen-bond donors (Lipinski definition) is 0. The van der Waals surface area contributed by atoms with E-state index >= 15 is 0 Å². The van der Waals surface area contributed by atoms with Gasteiger partial charge < -0.3 is 4.79 Å². The lowest BCUT2D eigenvalue weighted by atomic mass is 9.75. The molecule has 0 heterocycles. The van der Waals surface area contributed by atoms with Gasteiger partial charge in [0.2, 0.25) is 0 Å². The van der Waals surface area contributed by atoms with E-state index in [1.807, 2.05) is 6.92 Å². The van der Waals surface area contributed by atoms with Crippen LogP contribution in [0.5, 0.6) is 0 Å². The van der Waals surface area contributed by atoms with Crippen LogP contribution >= 0.6 is 0 Å². The van der Waals surface area contributed by atoms with E-state index in [0.29, 0.717) is 30.5 Å². The number of ketones is 1. The molecule has 0 aromatic carbocycles. The van der Waals surface area contributed by atoms with Crippen LogP contribution in [0.25, 0.3) is 0 Å². The predicted octanol–water partition coefficient (Wildman–Crippen LogP) is 2.22. The van der Waals surface area contributed by atoms with Gasteiger partial charge in [-0.3, -0.25) is 4.79 Å². The Morgan fingerprint density at radius 1 is 1.54 bits per heavy atom. The molecular formula is C11H18O2. The molecule has 0 aromatic rings. The molecule has 0 bridgehead atoms. The molecule has 0 saturated heterocycles. The summed E-state index contributed by atoms with van der Waals surface area (Å²) in [4.78, 5) is 21.7. The zero-order valence-corrected chi connectivity index (χ0v) is 8.45. The lowest BCUT2D eigenvalue weighted by Crippen LogP contribution is -2.26. The van der Waals surface area contributed by atoms with Crippen LogP contribution in [0.3, 0.4) is 0 Å². The molecule has 0 aliphatic heterocycles. The Bertz CT molecular complexity index is 198. The minimum absolute atomic E-state index is 0.250. The van der Waals surface area contributed by atoms with Gasteiger partial charge in [0.05, 0.1) is 0 Å². The van der Waals surface area contributed by atoms with Gasteiger partial charge >= 0.3 is 0 Å². The van der Waals surface area contributed by atoms with Crippen LogP contribution in [-0.2, 0) is 9.59 Å². The summed E-state index contributed by atoms with van der Waals surface area (Å²) in [6, 6.07) is 0. The molecule has 1 saturated carbocycles. The lowest BCUT2D eigenvalue weighted by molar-refractivity contribution is -0.126. The van der Waals surface area contributed by atoms with Crippen molar-refractivity contribution >= 4 is 12.1 Å². The molecule has 13 heavy (non-hydrogen) atoms. The first-order chi connectivity index (χ1) is 6.15. The molecule has 1 aliphatic carbocycles. The van der Waals surface area contributed by atoms with Crippen LogP contribution in [0.4, 0.5) is 0 Å². The summed E-state index contributed by atoms with van der Waals surface area (Å²) < 4.78 is 0. The molecule has 0 amide bonds. The normalized spacial score (nSPS) is 31.4. The third-order valence-corrected chi connectivity index (χ3v) is 3.26. The van der Waals surface area contributed by atoms with Crippen LogP contribution in [0.2, 0.25) is 0 Å². The molecular weight excluding hydrogens is 164 g/mol. The Morgan fingerprint density at radius 3 is 2.77 bits per heavy atom. The number of aldehydes is 1. The quantitative estimate of drug-likeness (QED) is 0.627. The molecule has 74 valence electrons. The zero-order valence-electron chi connectivity index (χ0n) is 8.45. The van der Waals surface area contributed by atoms with E-state index in [1.54, 1.807) is 0 Å². The van der Waals surface area contributed by atoms with Crippen molar-refractivity contribution in [1.29, 1.82) is 0 Å². The highest BCUT2D eigenvalue weighted by atomic mass is 16.1. The Hall–Kier alpha value is -0.660. The van der Waals surface area contributed by atoms with E-state index in [-0.39, 0.29) is 5.92 Å². The Balaban J connectivity index is 2.45. The van der Waals surface area contributed by atoms with Crippen LogP contribution in [0, 0.1) is 17.8 Å². The number of carbonyl (C=O) groups is 2. The van der Waals surface area contributed by atoms with Gasteiger partial charge in [-0.15, -0.1) is 0 Å². The molecule has 1 rings (SSSR count). The van der Waals surface area contributed by atoms with Gasteiger partial charge in [-0.25, -0.2) is 0 Å². The Morgan fingerprint density at radius 2 is 2.23 bits per heavy atom. The van der Waals surface area contributed by atoms with E-state index < -0.39 is 0 Å². The van der Waals surface area contributed by atoms with Crippen LogP contribution in [0.15, 0.2) is 0 Å². The summed E-state index contributed by atoms with van der Waals surface area (Å²) >= 11 is 0. The highest BCUT2D eigenvalue weighted by molar-refractivity contribution is 5.81. The highest BCUT2D eigenvalue weighted by Crippen LogP contribution is 2.31. The van der Waals surface area contributed by atoms with Crippen LogP contribution in [-0.4, -0.2) is 12.1 Å². The monoisotopic (exact) mass is 182 g/mol. The minimum Gasteiger partial charge on any atom is -0.303 e. The minimum atomic E-state index is 0.250. The van der Waals surface area contributed by atoms with E-state index in [4.69, 9.17) is 0 Å². The average molecular weight is 182 g/mol. The van der Waals surface area contributed by atoms with Gasteiger partial charge in [-0.1, -0.05) is 13.8 Å². The molecule has 2 nitrogen and oxygen atoms in total. The molecule has 0 radical (unpaired) electrons. The molecule has 3 atom stereocenters. The van der Waals surface area contributed by atoms with Crippen molar-refractivity contribution < 1.29 is 9.59 Å². The van der Waals surface area contributed by atoms with Gasteiger partial charge in [0, 0.05) is 18.8 Å². The van der Waals surface area contributed by atoms with Gasteiger partial charge in [0.1, 0.15) is 12.1 Å². The molecule has 1 aliphatic rings. The first-order valence-electron chi connectivity index (χ1n) is 5.11. The van der Waals surface area contributed by atoms with Crippen molar-refractivity contribution in [3.63, 3.8) is 0 Å². The smallest absolute Gasteiger partial charge is 0.135 e. The van der Waals surface area contributed by atoms with Gasteiger partial charge in [-0.2, -0.15) is 0 Å². The second-order valence-electron chi connectivity index (χ2n) is 4.29. The second-order valence-corrected chi connectivity index (χ2v) is 4.29. The van der Waals surface area contributed by atoms with Crippen molar-refractivity contribution in [3.8, 4) is 0 Å². The third kappa shape index (κ3) is 2.64. The summed E-state index contributed by atoms with van der Waals surface area (Å²) in [6.45, 7) is 4.07. The number of hydrogen-bond acceptors (Lipinski definition) is 2.